The van der Waals surface area contributed by atoms with E-state index in [1.54, 1.807) is 12.1 Å². The number of carbonyl (C=O) groups excluding carboxylic acids is 1. The molecule has 1 aromatic carbocycles. The monoisotopic (exact) mass is 465 g/mol. The fraction of sp³-hybridized carbons (Fsp3) is 0.708. The van der Waals surface area contributed by atoms with Gasteiger partial charge < -0.3 is 9.64 Å². The molecule has 1 heterocycles. The van der Waals surface area contributed by atoms with Gasteiger partial charge in [-0.15, -0.1) is 0 Å². The van der Waals surface area contributed by atoms with Gasteiger partial charge in [-0.1, -0.05) is 38.3 Å². The van der Waals surface area contributed by atoms with Gasteiger partial charge in [-0.25, -0.2) is 13.1 Å². The first-order valence-corrected chi connectivity index (χ1v) is 13.7. The summed E-state index contributed by atoms with van der Waals surface area (Å²) in [6.07, 6.45) is 7.49. The number of unbranched alkanes of at least 4 members (excludes halogenated alkanes) is 3. The van der Waals surface area contributed by atoms with E-state index in [4.69, 9.17) is 4.74 Å². The second kappa shape index (κ2) is 12.7. The fourth-order valence-corrected chi connectivity index (χ4v) is 5.22. The topological polar surface area (TPSA) is 79.0 Å². The lowest BCUT2D eigenvalue weighted by Gasteiger charge is -2.30. The lowest BCUT2D eigenvalue weighted by molar-refractivity contribution is -0.131. The third-order valence-corrected chi connectivity index (χ3v) is 7.72. The van der Waals surface area contributed by atoms with Crippen LogP contribution in [-0.4, -0.2) is 76.1 Å². The molecular formula is C24H39N3O4S. The molecular weight excluding hydrogens is 426 g/mol. The minimum absolute atomic E-state index is 0.0954. The molecule has 1 amide bonds. The molecule has 32 heavy (non-hydrogen) atoms. The van der Waals surface area contributed by atoms with Crippen molar-refractivity contribution in [2.45, 2.75) is 69.2 Å². The van der Waals surface area contributed by atoms with Gasteiger partial charge in [-0.3, -0.25) is 9.69 Å². The van der Waals surface area contributed by atoms with Crippen LogP contribution in [0.2, 0.25) is 0 Å². The summed E-state index contributed by atoms with van der Waals surface area (Å²) in [5.41, 5.74) is 0.989. The number of hydrogen-bond donors (Lipinski definition) is 1. The zero-order chi connectivity index (χ0) is 22.8. The minimum Gasteiger partial charge on any atom is -0.379 e. The molecule has 8 heteroatoms. The molecule has 1 N–H and O–H groups in total. The molecule has 0 spiro atoms. The molecule has 3 rings (SSSR count). The first-order chi connectivity index (χ1) is 15.5. The van der Waals surface area contributed by atoms with Gasteiger partial charge in [0.1, 0.15) is 0 Å². The van der Waals surface area contributed by atoms with Gasteiger partial charge in [0.15, 0.2) is 0 Å². The first-order valence-electron chi connectivity index (χ1n) is 12.2. The average molecular weight is 466 g/mol. The number of sulfonamides is 1. The van der Waals surface area contributed by atoms with E-state index in [-0.39, 0.29) is 11.9 Å². The third-order valence-electron chi connectivity index (χ3n) is 6.18. The number of rotatable bonds is 14. The van der Waals surface area contributed by atoms with Crippen LogP contribution >= 0.6 is 0 Å². The Kier molecular flexibility index (Phi) is 9.96. The molecule has 0 atom stereocenters. The van der Waals surface area contributed by atoms with Crippen LogP contribution in [0.5, 0.6) is 0 Å². The number of hydrogen-bond acceptors (Lipinski definition) is 5. The molecule has 1 saturated carbocycles. The summed E-state index contributed by atoms with van der Waals surface area (Å²) >= 11 is 0. The minimum atomic E-state index is -3.43. The second-order valence-corrected chi connectivity index (χ2v) is 10.6. The highest BCUT2D eigenvalue weighted by atomic mass is 32.2. The van der Waals surface area contributed by atoms with Crippen molar-refractivity contribution in [2.75, 3.05) is 45.9 Å². The smallest absolute Gasteiger partial charge is 0.240 e. The lowest BCUT2D eigenvalue weighted by Crippen LogP contribution is -2.43. The maximum absolute atomic E-state index is 13.0. The molecule has 2 aliphatic rings. The van der Waals surface area contributed by atoms with Crippen LogP contribution in [0.4, 0.5) is 0 Å². The molecule has 2 fully saturated rings. The zero-order valence-electron chi connectivity index (χ0n) is 19.4. The van der Waals surface area contributed by atoms with E-state index in [0.29, 0.717) is 17.7 Å². The predicted molar refractivity (Wildman–Crippen MR) is 126 cm³/mol. The molecule has 180 valence electrons. The van der Waals surface area contributed by atoms with E-state index in [1.165, 1.54) is 12.8 Å². The van der Waals surface area contributed by atoms with Crippen molar-refractivity contribution in [3.8, 4) is 0 Å². The summed E-state index contributed by atoms with van der Waals surface area (Å²) < 4.78 is 32.8. The highest BCUT2D eigenvalue weighted by Gasteiger charge is 2.27. The lowest BCUT2D eigenvalue weighted by atomic mass is 10.1. The Morgan fingerprint density at radius 1 is 1.09 bits per heavy atom. The molecule has 1 aliphatic carbocycles. The molecule has 7 nitrogen and oxygen atoms in total. The normalized spacial score (nSPS) is 17.4. The molecule has 1 saturated heterocycles. The number of nitrogens with zero attached hydrogens (tertiary/aromatic N) is 2. The van der Waals surface area contributed by atoms with Gasteiger partial charge in [0.05, 0.1) is 18.1 Å². The number of aryl methyl sites for hydroxylation is 1. The third kappa shape index (κ3) is 8.46. The second-order valence-electron chi connectivity index (χ2n) is 8.93. The van der Waals surface area contributed by atoms with Gasteiger partial charge in [0, 0.05) is 45.2 Å². The number of ether oxygens (including phenoxy) is 1. The van der Waals surface area contributed by atoms with Crippen LogP contribution in [0.25, 0.3) is 0 Å². The van der Waals surface area contributed by atoms with E-state index in [2.05, 4.69) is 16.5 Å². The van der Waals surface area contributed by atoms with E-state index in [0.717, 1.165) is 77.2 Å². The SMILES string of the molecule is CCCCCCN(CCN1CCOCC1)C(=O)CCc1ccc(S(=O)(=O)NC2CC2)cc1. The zero-order valence-corrected chi connectivity index (χ0v) is 20.2. The number of carbonyl (C=O) groups is 1. The summed E-state index contributed by atoms with van der Waals surface area (Å²) in [6.45, 7) is 8.07. The van der Waals surface area contributed by atoms with E-state index >= 15 is 0 Å². The van der Waals surface area contributed by atoms with E-state index < -0.39 is 10.0 Å². The Hall–Kier alpha value is -1.48. The van der Waals surface area contributed by atoms with Crippen molar-refractivity contribution >= 4 is 15.9 Å². The summed E-state index contributed by atoms with van der Waals surface area (Å²) in [6, 6.07) is 7.04. The highest BCUT2D eigenvalue weighted by molar-refractivity contribution is 7.89. The Morgan fingerprint density at radius 3 is 2.47 bits per heavy atom. The Labute approximate surface area is 193 Å². The Bertz CT molecular complexity index is 803. The summed E-state index contributed by atoms with van der Waals surface area (Å²) in [4.78, 5) is 17.7. The van der Waals surface area contributed by atoms with Gasteiger partial charge in [-0.05, 0) is 43.4 Å². The standard InChI is InChI=1S/C24H39N3O4S/c1-2-3-4-5-14-27(16-15-26-17-19-31-20-18-26)24(28)13-8-21-6-11-23(12-7-21)32(29,30)25-22-9-10-22/h6-7,11-12,22,25H,2-5,8-10,13-20H2,1H3. The van der Waals surface area contributed by atoms with Crippen molar-refractivity contribution in [2.24, 2.45) is 0 Å². The maximum atomic E-state index is 13.0. The van der Waals surface area contributed by atoms with Crippen molar-refractivity contribution in [1.82, 2.24) is 14.5 Å². The highest BCUT2D eigenvalue weighted by Crippen LogP contribution is 2.22. The largest absolute Gasteiger partial charge is 0.379 e. The van der Waals surface area contributed by atoms with Gasteiger partial charge in [-0.2, -0.15) is 0 Å². The van der Waals surface area contributed by atoms with Crippen LogP contribution in [0, 0.1) is 0 Å². The number of morpholine rings is 1. The first kappa shape index (κ1) is 25.1. The number of amides is 1. The number of nitrogens with one attached hydrogen (secondary N) is 1. The molecule has 0 unspecified atom stereocenters. The quantitative estimate of drug-likeness (QED) is 0.428. The van der Waals surface area contributed by atoms with Crippen LogP contribution in [-0.2, 0) is 26.0 Å². The predicted octanol–water partition coefficient (Wildman–Crippen LogP) is 2.80. The summed E-state index contributed by atoms with van der Waals surface area (Å²) in [7, 11) is -3.43. The van der Waals surface area contributed by atoms with Gasteiger partial charge in [0.25, 0.3) is 0 Å². The molecule has 0 aromatic heterocycles. The molecule has 0 bridgehead atoms. The molecule has 1 aromatic rings. The van der Waals surface area contributed by atoms with Gasteiger partial charge in [0.2, 0.25) is 15.9 Å². The van der Waals surface area contributed by atoms with Crippen LogP contribution < -0.4 is 4.72 Å². The van der Waals surface area contributed by atoms with Crippen LogP contribution in [0.1, 0.15) is 57.4 Å². The van der Waals surface area contributed by atoms with Crippen molar-refractivity contribution in [1.29, 1.82) is 0 Å². The van der Waals surface area contributed by atoms with Crippen molar-refractivity contribution in [3.63, 3.8) is 0 Å². The van der Waals surface area contributed by atoms with Crippen molar-refractivity contribution in [3.05, 3.63) is 29.8 Å². The number of benzene rings is 1. The van der Waals surface area contributed by atoms with E-state index in [9.17, 15) is 13.2 Å². The van der Waals surface area contributed by atoms with Gasteiger partial charge >= 0.3 is 0 Å². The summed E-state index contributed by atoms with van der Waals surface area (Å²) in [5, 5.41) is 0. The maximum Gasteiger partial charge on any atom is 0.240 e. The Morgan fingerprint density at radius 2 is 1.81 bits per heavy atom. The van der Waals surface area contributed by atoms with Crippen LogP contribution in [0.15, 0.2) is 29.2 Å². The average Bonchev–Trinajstić information content (AvgIpc) is 3.61. The van der Waals surface area contributed by atoms with Crippen molar-refractivity contribution < 1.29 is 17.9 Å². The summed E-state index contributed by atoms with van der Waals surface area (Å²) in [5.74, 6) is 0.182. The fourth-order valence-electron chi connectivity index (χ4n) is 3.91. The Balaban J connectivity index is 1.49. The molecule has 0 radical (unpaired) electrons. The van der Waals surface area contributed by atoms with Crippen LogP contribution in [0.3, 0.4) is 0 Å². The molecule has 1 aliphatic heterocycles. The van der Waals surface area contributed by atoms with E-state index in [1.807, 2.05) is 17.0 Å².